The number of fused-ring (bicyclic) bond motifs is 1. The molecule has 3 aromatic heterocycles. The third kappa shape index (κ3) is 6.70. The molecule has 1 saturated heterocycles. The van der Waals surface area contributed by atoms with Crippen LogP contribution < -0.4 is 10.1 Å². The summed E-state index contributed by atoms with van der Waals surface area (Å²) in [6.45, 7) is 10.9. The molecule has 214 valence electrons. The van der Waals surface area contributed by atoms with Crippen LogP contribution >= 0.6 is 11.3 Å². The first-order chi connectivity index (χ1) is 18.8. The molecule has 0 unspecified atom stereocenters. The van der Waals surface area contributed by atoms with Gasteiger partial charge in [-0.05, 0) is 49.8 Å². The maximum atomic E-state index is 13.9. The Bertz CT molecular complexity index is 1380. The Balaban J connectivity index is 1.61. The van der Waals surface area contributed by atoms with Crippen LogP contribution in [-0.2, 0) is 19.1 Å². The highest BCUT2D eigenvalue weighted by molar-refractivity contribution is 7.17. The quantitative estimate of drug-likeness (QED) is 0.421. The van der Waals surface area contributed by atoms with E-state index in [1.54, 1.807) is 27.0 Å². The molecule has 4 heterocycles. The molecule has 1 fully saturated rings. The molecule has 1 N–H and O–H groups in total. The van der Waals surface area contributed by atoms with E-state index in [-0.39, 0.29) is 13.0 Å². The molecule has 0 radical (unpaired) electrons. The van der Waals surface area contributed by atoms with E-state index >= 15 is 0 Å². The zero-order chi connectivity index (χ0) is 29.2. The summed E-state index contributed by atoms with van der Waals surface area (Å²) in [4.78, 5) is 49.9. The number of methoxy groups -OCH3 is 1. The van der Waals surface area contributed by atoms with Crippen LogP contribution in [0.2, 0.25) is 0 Å². The van der Waals surface area contributed by atoms with E-state index in [0.717, 1.165) is 10.2 Å². The largest absolute Gasteiger partial charge is 0.487 e. The average Bonchev–Trinajstić information content (AvgIpc) is 3.53. The zero-order valence-corrected chi connectivity index (χ0v) is 24.7. The number of likely N-dealkylation sites (tertiary alicyclic amines) is 1. The van der Waals surface area contributed by atoms with E-state index in [9.17, 15) is 14.4 Å². The van der Waals surface area contributed by atoms with Crippen LogP contribution in [0.4, 0.5) is 4.79 Å². The molecule has 11 heteroatoms. The topological polar surface area (TPSA) is 120 Å². The second-order valence-electron chi connectivity index (χ2n) is 11.8. The monoisotopic (exact) mass is 568 g/mol. The number of thiophene rings is 1. The third-order valence-electron chi connectivity index (χ3n) is 6.39. The van der Waals surface area contributed by atoms with Crippen molar-refractivity contribution in [2.24, 2.45) is 5.41 Å². The van der Waals surface area contributed by atoms with Crippen LogP contribution in [-0.4, -0.2) is 70.3 Å². The number of rotatable bonds is 6. The van der Waals surface area contributed by atoms with Gasteiger partial charge in [-0.2, -0.15) is 0 Å². The fourth-order valence-electron chi connectivity index (χ4n) is 4.57. The molecule has 1 aliphatic rings. The normalized spacial score (nSPS) is 18.3. The van der Waals surface area contributed by atoms with E-state index in [1.165, 1.54) is 23.3 Å². The number of hydrogen-bond donors (Lipinski definition) is 1. The molecule has 3 atom stereocenters. The van der Waals surface area contributed by atoms with Gasteiger partial charge in [-0.15, -0.1) is 11.3 Å². The predicted octanol–water partition coefficient (Wildman–Crippen LogP) is 4.82. The number of aromatic nitrogens is 2. The van der Waals surface area contributed by atoms with Gasteiger partial charge in [0.25, 0.3) is 0 Å². The Morgan fingerprint density at radius 3 is 2.48 bits per heavy atom. The Kier molecular flexibility index (Phi) is 8.34. The van der Waals surface area contributed by atoms with E-state index in [2.05, 4.69) is 10.3 Å². The van der Waals surface area contributed by atoms with Gasteiger partial charge in [0.05, 0.1) is 35.3 Å². The van der Waals surface area contributed by atoms with Crippen LogP contribution in [0.25, 0.3) is 21.6 Å². The number of carbonyl (C=O) groups excluding carboxylic acids is 3. The zero-order valence-electron chi connectivity index (χ0n) is 23.9. The van der Waals surface area contributed by atoms with Crippen molar-refractivity contribution in [3.63, 3.8) is 0 Å². The summed E-state index contributed by atoms with van der Waals surface area (Å²) in [7, 11) is 1.29. The average molecular weight is 569 g/mol. The van der Waals surface area contributed by atoms with Gasteiger partial charge >= 0.3 is 12.1 Å². The molecule has 10 nitrogen and oxygen atoms in total. The standard InChI is InChI=1S/C29H36N4O6S/c1-28(2,3)24(32-27(36)39-29(4,5)6)25(34)33-16-17(14-21(33)26(35)37-7)38-22-15-20(18-10-8-9-12-30-18)31-19-11-13-40-23(19)22/h8-13,15,17,21,24H,14,16H2,1-7H3,(H,32,36)/t17-,21+,24-/m1/s1. The van der Waals surface area contributed by atoms with Gasteiger partial charge in [0.15, 0.2) is 0 Å². The molecule has 4 rings (SSSR count). The van der Waals surface area contributed by atoms with E-state index < -0.39 is 47.2 Å². The van der Waals surface area contributed by atoms with Gasteiger partial charge in [0.1, 0.15) is 29.5 Å². The van der Waals surface area contributed by atoms with E-state index in [4.69, 9.17) is 19.2 Å². The van der Waals surface area contributed by atoms with Crippen molar-refractivity contribution < 1.29 is 28.6 Å². The molecular weight excluding hydrogens is 532 g/mol. The van der Waals surface area contributed by atoms with Crippen molar-refractivity contribution in [3.8, 4) is 17.1 Å². The van der Waals surface area contributed by atoms with Crippen molar-refractivity contribution in [2.45, 2.75) is 71.8 Å². The second-order valence-corrected chi connectivity index (χ2v) is 12.7. The highest BCUT2D eigenvalue weighted by Gasteiger charge is 2.46. The number of nitrogens with zero attached hydrogens (tertiary/aromatic N) is 3. The Hall–Kier alpha value is -3.73. The van der Waals surface area contributed by atoms with E-state index in [1.807, 2.05) is 56.5 Å². The number of amides is 2. The van der Waals surface area contributed by atoms with Crippen LogP contribution in [0.1, 0.15) is 48.0 Å². The van der Waals surface area contributed by atoms with Gasteiger partial charge in [0, 0.05) is 18.7 Å². The van der Waals surface area contributed by atoms with Gasteiger partial charge in [0.2, 0.25) is 5.91 Å². The molecule has 0 aromatic carbocycles. The molecule has 3 aromatic rings. The number of nitrogens with one attached hydrogen (secondary N) is 1. The van der Waals surface area contributed by atoms with Crippen LogP contribution in [0.15, 0.2) is 41.9 Å². The number of hydrogen-bond acceptors (Lipinski definition) is 9. The van der Waals surface area contributed by atoms with Crippen molar-refractivity contribution in [2.75, 3.05) is 13.7 Å². The lowest BCUT2D eigenvalue weighted by atomic mass is 9.85. The number of pyridine rings is 2. The Labute approximate surface area is 238 Å². The lowest BCUT2D eigenvalue weighted by molar-refractivity contribution is -0.152. The summed E-state index contributed by atoms with van der Waals surface area (Å²) in [5.74, 6) is -0.359. The molecule has 1 aliphatic heterocycles. The highest BCUT2D eigenvalue weighted by Crippen LogP contribution is 2.36. The van der Waals surface area contributed by atoms with Crippen molar-refractivity contribution in [1.29, 1.82) is 0 Å². The number of esters is 1. The smallest absolute Gasteiger partial charge is 0.408 e. The Morgan fingerprint density at radius 1 is 1.10 bits per heavy atom. The summed E-state index contributed by atoms with van der Waals surface area (Å²) in [5.41, 5.74) is 0.735. The fourth-order valence-corrected chi connectivity index (χ4v) is 5.36. The number of ether oxygens (including phenoxy) is 3. The van der Waals surface area contributed by atoms with Crippen LogP contribution in [0.3, 0.4) is 0 Å². The predicted molar refractivity (Wildman–Crippen MR) is 152 cm³/mol. The van der Waals surface area contributed by atoms with Crippen molar-refractivity contribution in [1.82, 2.24) is 20.2 Å². The van der Waals surface area contributed by atoms with Gasteiger partial charge in [-0.3, -0.25) is 9.78 Å². The minimum atomic E-state index is -0.950. The first-order valence-corrected chi connectivity index (χ1v) is 14.0. The van der Waals surface area contributed by atoms with Crippen LogP contribution in [0, 0.1) is 5.41 Å². The first-order valence-electron chi connectivity index (χ1n) is 13.1. The van der Waals surface area contributed by atoms with Crippen molar-refractivity contribution >= 4 is 39.5 Å². The third-order valence-corrected chi connectivity index (χ3v) is 7.31. The molecule has 0 bridgehead atoms. The lowest BCUT2D eigenvalue weighted by Gasteiger charge is -2.35. The second kappa shape index (κ2) is 11.4. The summed E-state index contributed by atoms with van der Waals surface area (Å²) in [6, 6.07) is 7.53. The highest BCUT2D eigenvalue weighted by atomic mass is 32.1. The fraction of sp³-hybridized carbons (Fsp3) is 0.483. The minimum Gasteiger partial charge on any atom is -0.487 e. The SMILES string of the molecule is COC(=O)[C@@H]1C[C@@H](Oc2cc(-c3ccccn3)nc3ccsc23)CN1C(=O)[C@@H](NC(=O)OC(C)(C)C)C(C)(C)C. The lowest BCUT2D eigenvalue weighted by Crippen LogP contribution is -2.57. The summed E-state index contributed by atoms with van der Waals surface area (Å²) in [5, 5.41) is 4.65. The molecule has 0 spiro atoms. The Morgan fingerprint density at radius 2 is 1.85 bits per heavy atom. The molecule has 0 saturated carbocycles. The number of alkyl carbamates (subject to hydrolysis) is 1. The number of carbonyl (C=O) groups is 3. The van der Waals surface area contributed by atoms with Gasteiger partial charge in [-0.25, -0.2) is 14.6 Å². The summed E-state index contributed by atoms with van der Waals surface area (Å²) < 4.78 is 17.8. The van der Waals surface area contributed by atoms with Gasteiger partial charge < -0.3 is 24.4 Å². The molecule has 0 aliphatic carbocycles. The molecule has 2 amide bonds. The first kappa shape index (κ1) is 29.3. The minimum absolute atomic E-state index is 0.134. The van der Waals surface area contributed by atoms with Crippen LogP contribution in [0.5, 0.6) is 5.75 Å². The summed E-state index contributed by atoms with van der Waals surface area (Å²) in [6.07, 6.45) is 0.726. The molecular formula is C29H36N4O6S. The molecule has 40 heavy (non-hydrogen) atoms. The maximum absolute atomic E-state index is 13.9. The van der Waals surface area contributed by atoms with Gasteiger partial charge in [-0.1, -0.05) is 26.8 Å². The maximum Gasteiger partial charge on any atom is 0.408 e. The summed E-state index contributed by atoms with van der Waals surface area (Å²) >= 11 is 1.50. The van der Waals surface area contributed by atoms with E-state index in [0.29, 0.717) is 17.1 Å². The van der Waals surface area contributed by atoms with Crippen molar-refractivity contribution in [3.05, 3.63) is 41.9 Å².